The normalized spacial score (nSPS) is 16.5. The molecule has 0 saturated carbocycles. The molecule has 3 aromatic carbocycles. The number of aryl methyl sites for hydroxylation is 1. The van der Waals surface area contributed by atoms with E-state index in [0.29, 0.717) is 0 Å². The van der Waals surface area contributed by atoms with Crippen molar-refractivity contribution in [2.24, 2.45) is 0 Å². The molecule has 127 valence electrons. The van der Waals surface area contributed by atoms with Crippen LogP contribution in [0.25, 0.3) is 10.8 Å². The minimum atomic E-state index is 0.118. The Morgan fingerprint density at radius 3 is 2.64 bits per heavy atom. The van der Waals surface area contributed by atoms with Gasteiger partial charge in [0, 0.05) is 6.54 Å². The molecule has 0 fully saturated rings. The molecule has 1 aliphatic heterocycles. The van der Waals surface area contributed by atoms with E-state index in [2.05, 4.69) is 60.8 Å². The highest BCUT2D eigenvalue weighted by molar-refractivity contribution is 5.85. The third kappa shape index (κ3) is 2.75. The van der Waals surface area contributed by atoms with Gasteiger partial charge in [0.1, 0.15) is 0 Å². The van der Waals surface area contributed by atoms with Gasteiger partial charge in [-0.25, -0.2) is 0 Å². The SMILES string of the molecule is COc1cc2c(cc1OC)C(c1[c]c3c(C)cccc3cc1)NCC2. The van der Waals surface area contributed by atoms with Gasteiger partial charge in [0.2, 0.25) is 0 Å². The first-order valence-electron chi connectivity index (χ1n) is 8.61. The summed E-state index contributed by atoms with van der Waals surface area (Å²) >= 11 is 0. The summed E-state index contributed by atoms with van der Waals surface area (Å²) in [5.41, 5.74) is 4.96. The highest BCUT2D eigenvalue weighted by Crippen LogP contribution is 2.37. The molecule has 1 radical (unpaired) electrons. The van der Waals surface area contributed by atoms with Crippen molar-refractivity contribution in [3.63, 3.8) is 0 Å². The zero-order valence-electron chi connectivity index (χ0n) is 14.8. The molecule has 3 heteroatoms. The van der Waals surface area contributed by atoms with Crippen molar-refractivity contribution >= 4 is 10.8 Å². The molecule has 1 aliphatic rings. The first kappa shape index (κ1) is 16.0. The van der Waals surface area contributed by atoms with Gasteiger partial charge in [0.25, 0.3) is 0 Å². The minimum absolute atomic E-state index is 0.118. The Morgan fingerprint density at radius 1 is 1.04 bits per heavy atom. The maximum absolute atomic E-state index is 5.51. The van der Waals surface area contributed by atoms with Gasteiger partial charge in [-0.1, -0.05) is 30.3 Å². The Balaban J connectivity index is 1.84. The van der Waals surface area contributed by atoms with Crippen molar-refractivity contribution in [3.8, 4) is 11.5 Å². The van der Waals surface area contributed by atoms with Gasteiger partial charge in [0.05, 0.1) is 20.3 Å². The number of rotatable bonds is 3. The molecule has 1 N–H and O–H groups in total. The fourth-order valence-corrected chi connectivity index (χ4v) is 3.69. The molecule has 4 rings (SSSR count). The number of hydrogen-bond acceptors (Lipinski definition) is 3. The number of hydrogen-bond donors (Lipinski definition) is 1. The average molecular weight is 332 g/mol. The fourth-order valence-electron chi connectivity index (χ4n) is 3.69. The lowest BCUT2D eigenvalue weighted by atomic mass is 9.88. The minimum Gasteiger partial charge on any atom is -0.493 e. The average Bonchev–Trinajstić information content (AvgIpc) is 2.66. The van der Waals surface area contributed by atoms with Crippen LogP contribution in [-0.2, 0) is 6.42 Å². The van der Waals surface area contributed by atoms with Crippen molar-refractivity contribution < 1.29 is 9.47 Å². The zero-order chi connectivity index (χ0) is 17.4. The molecule has 0 aromatic heterocycles. The highest BCUT2D eigenvalue weighted by Gasteiger charge is 2.24. The second-order valence-electron chi connectivity index (χ2n) is 6.50. The van der Waals surface area contributed by atoms with E-state index in [0.717, 1.165) is 30.0 Å². The topological polar surface area (TPSA) is 30.5 Å². The van der Waals surface area contributed by atoms with Crippen LogP contribution in [0.4, 0.5) is 0 Å². The summed E-state index contributed by atoms with van der Waals surface area (Å²) in [7, 11) is 3.36. The van der Waals surface area contributed by atoms with E-state index in [-0.39, 0.29) is 6.04 Å². The molecular formula is C22H22NO2. The molecule has 1 heterocycles. The van der Waals surface area contributed by atoms with E-state index < -0.39 is 0 Å². The summed E-state index contributed by atoms with van der Waals surface area (Å²) in [6, 6.07) is 18.7. The van der Waals surface area contributed by atoms with Gasteiger partial charge in [-0.15, -0.1) is 0 Å². The molecule has 1 atom stereocenters. The smallest absolute Gasteiger partial charge is 0.161 e. The van der Waals surface area contributed by atoms with Crippen LogP contribution in [0, 0.1) is 13.0 Å². The van der Waals surface area contributed by atoms with Gasteiger partial charge in [-0.05, 0) is 64.6 Å². The molecule has 25 heavy (non-hydrogen) atoms. The third-order valence-electron chi connectivity index (χ3n) is 5.03. The van der Waals surface area contributed by atoms with E-state index in [1.165, 1.54) is 27.5 Å². The van der Waals surface area contributed by atoms with Crippen LogP contribution >= 0.6 is 0 Å². The molecule has 1 unspecified atom stereocenters. The van der Waals surface area contributed by atoms with Crippen molar-refractivity contribution in [2.45, 2.75) is 19.4 Å². The lowest BCUT2D eigenvalue weighted by Gasteiger charge is -2.28. The molecule has 3 nitrogen and oxygen atoms in total. The Hall–Kier alpha value is -2.52. The summed E-state index contributed by atoms with van der Waals surface area (Å²) in [4.78, 5) is 0. The van der Waals surface area contributed by atoms with Crippen LogP contribution in [0.15, 0.2) is 42.5 Å². The summed E-state index contributed by atoms with van der Waals surface area (Å²) in [6.07, 6.45) is 0.985. The van der Waals surface area contributed by atoms with E-state index in [4.69, 9.17) is 9.47 Å². The highest BCUT2D eigenvalue weighted by atomic mass is 16.5. The van der Waals surface area contributed by atoms with Crippen molar-refractivity contribution in [2.75, 3.05) is 20.8 Å². The van der Waals surface area contributed by atoms with Gasteiger partial charge in [0.15, 0.2) is 11.5 Å². The third-order valence-corrected chi connectivity index (χ3v) is 5.03. The lowest BCUT2D eigenvalue weighted by molar-refractivity contribution is 0.353. The first-order valence-corrected chi connectivity index (χ1v) is 8.61. The summed E-state index contributed by atoms with van der Waals surface area (Å²) < 4.78 is 11.0. The largest absolute Gasteiger partial charge is 0.493 e. The molecular weight excluding hydrogens is 310 g/mol. The van der Waals surface area contributed by atoms with Crippen LogP contribution in [0.1, 0.15) is 28.3 Å². The number of ether oxygens (including phenoxy) is 2. The summed E-state index contributed by atoms with van der Waals surface area (Å²) in [5.74, 6) is 1.56. The van der Waals surface area contributed by atoms with Crippen molar-refractivity contribution in [1.29, 1.82) is 0 Å². The molecule has 0 amide bonds. The zero-order valence-corrected chi connectivity index (χ0v) is 14.8. The van der Waals surface area contributed by atoms with Crippen molar-refractivity contribution in [3.05, 3.63) is 70.8 Å². The van der Waals surface area contributed by atoms with Crippen LogP contribution in [0.5, 0.6) is 11.5 Å². The van der Waals surface area contributed by atoms with Crippen LogP contribution < -0.4 is 14.8 Å². The molecule has 0 saturated heterocycles. The van der Waals surface area contributed by atoms with Gasteiger partial charge < -0.3 is 14.8 Å². The molecule has 3 aromatic rings. The predicted octanol–water partition coefficient (Wildman–Crippen LogP) is 4.20. The van der Waals surface area contributed by atoms with E-state index in [1.54, 1.807) is 14.2 Å². The number of methoxy groups -OCH3 is 2. The maximum Gasteiger partial charge on any atom is 0.161 e. The molecule has 0 bridgehead atoms. The lowest BCUT2D eigenvalue weighted by Crippen LogP contribution is -2.30. The Bertz CT molecular complexity index is 933. The molecule has 0 aliphatic carbocycles. The van der Waals surface area contributed by atoms with E-state index in [1.807, 2.05) is 0 Å². The summed E-state index contributed by atoms with van der Waals surface area (Å²) in [6.45, 7) is 3.07. The van der Waals surface area contributed by atoms with Gasteiger partial charge in [-0.3, -0.25) is 0 Å². The molecule has 0 spiro atoms. The second-order valence-corrected chi connectivity index (χ2v) is 6.50. The van der Waals surface area contributed by atoms with Crippen molar-refractivity contribution in [1.82, 2.24) is 5.32 Å². The predicted molar refractivity (Wildman–Crippen MR) is 101 cm³/mol. The van der Waals surface area contributed by atoms with Crippen LogP contribution in [-0.4, -0.2) is 20.8 Å². The van der Waals surface area contributed by atoms with E-state index in [9.17, 15) is 0 Å². The Labute approximate surface area is 148 Å². The summed E-state index contributed by atoms with van der Waals surface area (Å²) in [5, 5.41) is 6.05. The number of benzene rings is 3. The number of fused-ring (bicyclic) bond motifs is 2. The standard InChI is InChI=1S/C22H22NO2/c1-14-5-4-6-15-7-8-17(11-18(14)15)22-19-13-21(25-3)20(24-2)12-16(19)9-10-23-22/h4-8,12-13,22-23H,9-10H2,1-3H3. The van der Waals surface area contributed by atoms with Gasteiger partial charge in [-0.2, -0.15) is 0 Å². The number of nitrogens with one attached hydrogen (secondary N) is 1. The Kier molecular flexibility index (Phi) is 4.10. The quantitative estimate of drug-likeness (QED) is 0.780. The fraction of sp³-hybridized carbons (Fsp3) is 0.273. The van der Waals surface area contributed by atoms with Gasteiger partial charge >= 0.3 is 0 Å². The van der Waals surface area contributed by atoms with Crippen LogP contribution in [0.3, 0.4) is 0 Å². The Morgan fingerprint density at radius 2 is 1.84 bits per heavy atom. The first-order chi connectivity index (χ1) is 12.2. The monoisotopic (exact) mass is 332 g/mol. The van der Waals surface area contributed by atoms with Crippen LogP contribution in [0.2, 0.25) is 0 Å². The second kappa shape index (κ2) is 6.41. The maximum atomic E-state index is 5.51. The van der Waals surface area contributed by atoms with E-state index >= 15 is 0 Å².